The molecule has 1 aromatic carbocycles. The van der Waals surface area contributed by atoms with Gasteiger partial charge >= 0.3 is 0 Å². The van der Waals surface area contributed by atoms with Crippen LogP contribution in [0, 0.1) is 11.6 Å². The Morgan fingerprint density at radius 1 is 1.33 bits per heavy atom. The average molecular weight is 293 g/mol. The molecule has 0 spiro atoms. The molecule has 0 amide bonds. The van der Waals surface area contributed by atoms with Gasteiger partial charge in [-0.1, -0.05) is 0 Å². The van der Waals surface area contributed by atoms with Crippen LogP contribution in [0.5, 0.6) is 5.75 Å². The van der Waals surface area contributed by atoms with Gasteiger partial charge in [0.1, 0.15) is 22.9 Å². The van der Waals surface area contributed by atoms with Gasteiger partial charge in [0.15, 0.2) is 5.82 Å². The molecule has 0 saturated heterocycles. The zero-order valence-corrected chi connectivity index (χ0v) is 11.0. The normalized spacial score (nSPS) is 14.4. The summed E-state index contributed by atoms with van der Waals surface area (Å²) < 4.78 is 27.5. The highest BCUT2D eigenvalue weighted by molar-refractivity contribution is 5.34. The van der Waals surface area contributed by atoms with E-state index in [1.807, 2.05) is 0 Å². The van der Waals surface area contributed by atoms with Crippen molar-refractivity contribution in [2.75, 3.05) is 0 Å². The minimum Gasteiger partial charge on any atom is -0.506 e. The first-order chi connectivity index (χ1) is 10.0. The summed E-state index contributed by atoms with van der Waals surface area (Å²) in [5.74, 6) is -1.87. The minimum absolute atomic E-state index is 0.158. The summed E-state index contributed by atoms with van der Waals surface area (Å²) in [4.78, 5) is 11.8. The average Bonchev–Trinajstić information content (AvgIpc) is 3.23. The SMILES string of the molecule is O=c1cc(O)c(CNC2CC2)nn1-c1ccc(F)cc1F. The van der Waals surface area contributed by atoms with Crippen LogP contribution in [0.15, 0.2) is 29.1 Å². The molecule has 0 unspecified atom stereocenters. The van der Waals surface area contributed by atoms with Crippen molar-refractivity contribution in [1.82, 2.24) is 15.1 Å². The van der Waals surface area contributed by atoms with Gasteiger partial charge in [-0.05, 0) is 25.0 Å². The van der Waals surface area contributed by atoms with Crippen molar-refractivity contribution in [3.63, 3.8) is 0 Å². The molecule has 0 radical (unpaired) electrons. The number of rotatable bonds is 4. The Morgan fingerprint density at radius 2 is 2.10 bits per heavy atom. The molecule has 2 N–H and O–H groups in total. The monoisotopic (exact) mass is 293 g/mol. The van der Waals surface area contributed by atoms with E-state index in [1.165, 1.54) is 0 Å². The van der Waals surface area contributed by atoms with Gasteiger partial charge in [0.25, 0.3) is 5.56 Å². The van der Waals surface area contributed by atoms with E-state index < -0.39 is 17.2 Å². The Labute approximate surface area is 118 Å². The number of hydrogen-bond acceptors (Lipinski definition) is 4. The largest absolute Gasteiger partial charge is 0.506 e. The number of aromatic nitrogens is 2. The van der Waals surface area contributed by atoms with Crippen molar-refractivity contribution in [3.05, 3.63) is 51.9 Å². The Balaban J connectivity index is 2.00. The molecule has 1 aromatic heterocycles. The van der Waals surface area contributed by atoms with E-state index >= 15 is 0 Å². The molecule has 1 saturated carbocycles. The van der Waals surface area contributed by atoms with Crippen LogP contribution in [0.1, 0.15) is 18.5 Å². The lowest BCUT2D eigenvalue weighted by Gasteiger charge is -2.10. The van der Waals surface area contributed by atoms with Crippen LogP contribution in [-0.2, 0) is 6.54 Å². The number of nitrogens with zero attached hydrogens (tertiary/aromatic N) is 2. The van der Waals surface area contributed by atoms with Crippen molar-refractivity contribution >= 4 is 0 Å². The van der Waals surface area contributed by atoms with Gasteiger partial charge in [-0.25, -0.2) is 8.78 Å². The van der Waals surface area contributed by atoms with Gasteiger partial charge in [-0.2, -0.15) is 9.78 Å². The first-order valence-electron chi connectivity index (χ1n) is 6.55. The van der Waals surface area contributed by atoms with Crippen molar-refractivity contribution in [2.24, 2.45) is 0 Å². The topological polar surface area (TPSA) is 67.2 Å². The van der Waals surface area contributed by atoms with E-state index in [0.717, 1.165) is 35.7 Å². The standard InChI is InChI=1S/C14H13F2N3O2/c15-8-1-4-12(10(16)5-8)19-14(21)6-13(20)11(18-19)7-17-9-2-3-9/h1,4-6,9,17,20H,2-3,7H2. The first kappa shape index (κ1) is 13.7. The maximum absolute atomic E-state index is 13.8. The third-order valence-corrected chi connectivity index (χ3v) is 3.26. The molecular formula is C14H13F2N3O2. The van der Waals surface area contributed by atoms with Crippen LogP contribution in [0.25, 0.3) is 5.69 Å². The van der Waals surface area contributed by atoms with Crippen molar-refractivity contribution in [3.8, 4) is 11.4 Å². The molecule has 2 aromatic rings. The summed E-state index contributed by atoms with van der Waals surface area (Å²) in [6.07, 6.45) is 2.12. The maximum atomic E-state index is 13.8. The number of halogens is 2. The predicted molar refractivity (Wildman–Crippen MR) is 71.3 cm³/mol. The fraction of sp³-hybridized carbons (Fsp3) is 0.286. The maximum Gasteiger partial charge on any atom is 0.275 e. The van der Waals surface area contributed by atoms with Gasteiger partial charge in [0.2, 0.25) is 0 Å². The molecule has 7 heteroatoms. The second-order valence-electron chi connectivity index (χ2n) is 4.98. The zero-order valence-electron chi connectivity index (χ0n) is 11.0. The van der Waals surface area contributed by atoms with Gasteiger partial charge < -0.3 is 10.4 Å². The highest BCUT2D eigenvalue weighted by Crippen LogP contribution is 2.21. The fourth-order valence-electron chi connectivity index (χ4n) is 1.96. The second kappa shape index (κ2) is 5.25. The van der Waals surface area contributed by atoms with E-state index in [-0.39, 0.29) is 23.7 Å². The highest BCUT2D eigenvalue weighted by Gasteiger charge is 2.21. The van der Waals surface area contributed by atoms with E-state index in [2.05, 4.69) is 10.4 Å². The number of aromatic hydroxyl groups is 1. The van der Waals surface area contributed by atoms with Crippen LogP contribution in [0.4, 0.5) is 8.78 Å². The molecule has 1 heterocycles. The third kappa shape index (κ3) is 2.92. The molecule has 21 heavy (non-hydrogen) atoms. The lowest BCUT2D eigenvalue weighted by molar-refractivity contribution is 0.450. The van der Waals surface area contributed by atoms with Crippen LogP contribution >= 0.6 is 0 Å². The van der Waals surface area contributed by atoms with E-state index in [4.69, 9.17) is 0 Å². The Morgan fingerprint density at radius 3 is 2.76 bits per heavy atom. The quantitative estimate of drug-likeness (QED) is 0.896. The van der Waals surface area contributed by atoms with Crippen molar-refractivity contribution in [2.45, 2.75) is 25.4 Å². The summed E-state index contributed by atoms with van der Waals surface area (Å²) in [7, 11) is 0. The minimum atomic E-state index is -0.892. The molecule has 1 fully saturated rings. The first-order valence-corrected chi connectivity index (χ1v) is 6.55. The molecule has 0 atom stereocenters. The van der Waals surface area contributed by atoms with Gasteiger partial charge in [0.05, 0.1) is 0 Å². The summed E-state index contributed by atoms with van der Waals surface area (Å²) in [5, 5.41) is 16.8. The summed E-state index contributed by atoms with van der Waals surface area (Å²) in [5.41, 5.74) is -0.604. The predicted octanol–water partition coefficient (Wildman–Crippen LogP) is 1.47. The Bertz CT molecular complexity index is 741. The lowest BCUT2D eigenvalue weighted by Crippen LogP contribution is -2.25. The van der Waals surface area contributed by atoms with E-state index in [1.54, 1.807) is 0 Å². The molecule has 5 nitrogen and oxygen atoms in total. The lowest BCUT2D eigenvalue weighted by atomic mass is 10.3. The van der Waals surface area contributed by atoms with Gasteiger partial charge in [0, 0.05) is 24.7 Å². The fourth-order valence-corrected chi connectivity index (χ4v) is 1.96. The smallest absolute Gasteiger partial charge is 0.275 e. The summed E-state index contributed by atoms with van der Waals surface area (Å²) in [6, 6.07) is 4.22. The van der Waals surface area contributed by atoms with E-state index in [0.29, 0.717) is 12.1 Å². The zero-order chi connectivity index (χ0) is 15.0. The number of benzene rings is 1. The molecule has 1 aliphatic rings. The third-order valence-electron chi connectivity index (χ3n) is 3.26. The van der Waals surface area contributed by atoms with Crippen molar-refractivity contribution in [1.29, 1.82) is 0 Å². The van der Waals surface area contributed by atoms with Gasteiger partial charge in [-0.3, -0.25) is 4.79 Å². The Hall–Kier alpha value is -2.28. The van der Waals surface area contributed by atoms with Crippen molar-refractivity contribution < 1.29 is 13.9 Å². The van der Waals surface area contributed by atoms with E-state index in [9.17, 15) is 18.7 Å². The number of nitrogens with one attached hydrogen (secondary N) is 1. The van der Waals surface area contributed by atoms with Crippen LogP contribution < -0.4 is 10.9 Å². The van der Waals surface area contributed by atoms with Crippen LogP contribution in [-0.4, -0.2) is 20.9 Å². The molecular weight excluding hydrogens is 280 g/mol. The van der Waals surface area contributed by atoms with Crippen LogP contribution in [0.3, 0.4) is 0 Å². The summed E-state index contributed by atoms with van der Waals surface area (Å²) >= 11 is 0. The molecule has 0 bridgehead atoms. The molecule has 3 rings (SSSR count). The second-order valence-corrected chi connectivity index (χ2v) is 4.98. The number of hydrogen-bond donors (Lipinski definition) is 2. The van der Waals surface area contributed by atoms with Gasteiger partial charge in [-0.15, -0.1) is 0 Å². The molecule has 1 aliphatic carbocycles. The van der Waals surface area contributed by atoms with Crippen LogP contribution in [0.2, 0.25) is 0 Å². The highest BCUT2D eigenvalue weighted by atomic mass is 19.1. The molecule has 0 aliphatic heterocycles. The molecule has 110 valence electrons. The Kier molecular flexibility index (Phi) is 3.42. The summed E-state index contributed by atoms with van der Waals surface area (Å²) in [6.45, 7) is 0.277.